The number of carbonyl (C=O) groups excluding carboxylic acids is 1. The van der Waals surface area contributed by atoms with E-state index in [0.29, 0.717) is 46.7 Å². The number of hydrogen-bond acceptors (Lipinski definition) is 5. The molecule has 6 nitrogen and oxygen atoms in total. The third kappa shape index (κ3) is 4.34. The molecule has 0 bridgehead atoms. The van der Waals surface area contributed by atoms with E-state index in [0.717, 1.165) is 6.42 Å². The van der Waals surface area contributed by atoms with E-state index in [1.807, 2.05) is 6.07 Å². The average molecular weight is 358 g/mol. The standard InChI is InChI=1S/C18H16ClN3O3/c19-14-8-16-17(25-6-2-5-24-16)9-15(14)21-11-18(23)22-13-4-1-3-12(7-13)10-20/h1,3-4,7-9,21H,2,5-6,11H2,(H,22,23). The number of nitrogens with zero attached hydrogens (tertiary/aromatic N) is 1. The Balaban J connectivity index is 1.64. The number of halogens is 1. The highest BCUT2D eigenvalue weighted by molar-refractivity contribution is 6.33. The van der Waals surface area contributed by atoms with Crippen molar-refractivity contribution in [2.24, 2.45) is 0 Å². The maximum atomic E-state index is 12.1. The number of nitriles is 1. The number of fused-ring (bicyclic) bond motifs is 1. The van der Waals surface area contributed by atoms with Gasteiger partial charge in [0.15, 0.2) is 11.5 Å². The fourth-order valence-electron chi connectivity index (χ4n) is 2.37. The van der Waals surface area contributed by atoms with E-state index < -0.39 is 0 Å². The number of amides is 1. The minimum absolute atomic E-state index is 0.0240. The predicted octanol–water partition coefficient (Wildman–Crippen LogP) is 3.42. The van der Waals surface area contributed by atoms with Gasteiger partial charge in [-0.2, -0.15) is 5.26 Å². The van der Waals surface area contributed by atoms with Crippen LogP contribution in [-0.4, -0.2) is 25.7 Å². The molecule has 0 spiro atoms. The highest BCUT2D eigenvalue weighted by Gasteiger charge is 2.14. The second-order valence-electron chi connectivity index (χ2n) is 5.42. The van der Waals surface area contributed by atoms with Crippen LogP contribution in [-0.2, 0) is 4.79 Å². The number of rotatable bonds is 4. The first kappa shape index (κ1) is 16.9. The van der Waals surface area contributed by atoms with Crippen molar-refractivity contribution in [3.05, 3.63) is 47.0 Å². The molecule has 2 aromatic rings. The molecule has 1 heterocycles. The second kappa shape index (κ2) is 7.77. The van der Waals surface area contributed by atoms with Crippen LogP contribution in [0.15, 0.2) is 36.4 Å². The van der Waals surface area contributed by atoms with Crippen molar-refractivity contribution in [3.8, 4) is 17.6 Å². The molecule has 0 aliphatic carbocycles. The molecule has 1 amide bonds. The third-order valence-corrected chi connectivity index (χ3v) is 3.86. The molecule has 1 aliphatic rings. The Hall–Kier alpha value is -2.91. The number of anilines is 2. The Labute approximate surface area is 150 Å². The first-order chi connectivity index (χ1) is 12.2. The topological polar surface area (TPSA) is 83.4 Å². The lowest BCUT2D eigenvalue weighted by Gasteiger charge is -2.13. The SMILES string of the molecule is N#Cc1cccc(NC(=O)CNc2cc3c(cc2Cl)OCCCO3)c1. The summed E-state index contributed by atoms with van der Waals surface area (Å²) in [5, 5.41) is 15.0. The van der Waals surface area contributed by atoms with E-state index in [9.17, 15) is 4.79 Å². The molecule has 0 saturated heterocycles. The molecule has 128 valence electrons. The summed E-state index contributed by atoms with van der Waals surface area (Å²) in [4.78, 5) is 12.1. The quantitative estimate of drug-likeness (QED) is 0.875. The molecular weight excluding hydrogens is 342 g/mol. The van der Waals surface area contributed by atoms with Crippen molar-refractivity contribution in [2.75, 3.05) is 30.4 Å². The molecule has 2 N–H and O–H groups in total. The Morgan fingerprint density at radius 1 is 1.20 bits per heavy atom. The highest BCUT2D eigenvalue weighted by atomic mass is 35.5. The van der Waals surface area contributed by atoms with Gasteiger partial charge in [0.1, 0.15) is 0 Å². The monoisotopic (exact) mass is 357 g/mol. The van der Waals surface area contributed by atoms with Crippen molar-refractivity contribution in [2.45, 2.75) is 6.42 Å². The molecule has 0 aromatic heterocycles. The van der Waals surface area contributed by atoms with Gasteiger partial charge in [0.2, 0.25) is 5.91 Å². The van der Waals surface area contributed by atoms with Gasteiger partial charge in [-0.1, -0.05) is 17.7 Å². The Kier molecular flexibility index (Phi) is 5.26. The molecule has 3 rings (SSSR count). The van der Waals surface area contributed by atoms with Gasteiger partial charge >= 0.3 is 0 Å². The lowest BCUT2D eigenvalue weighted by Crippen LogP contribution is -2.21. The molecule has 0 radical (unpaired) electrons. The van der Waals surface area contributed by atoms with Crippen LogP contribution in [0.4, 0.5) is 11.4 Å². The fourth-order valence-corrected chi connectivity index (χ4v) is 2.59. The van der Waals surface area contributed by atoms with Crippen LogP contribution in [0, 0.1) is 11.3 Å². The molecule has 25 heavy (non-hydrogen) atoms. The zero-order valence-electron chi connectivity index (χ0n) is 13.3. The molecule has 0 atom stereocenters. The molecular formula is C18H16ClN3O3. The molecule has 1 aliphatic heterocycles. The van der Waals surface area contributed by atoms with E-state index in [4.69, 9.17) is 26.3 Å². The number of carbonyl (C=O) groups is 1. The Bertz CT molecular complexity index is 833. The predicted molar refractivity (Wildman–Crippen MR) is 95.3 cm³/mol. The van der Waals surface area contributed by atoms with Crippen LogP contribution in [0.2, 0.25) is 5.02 Å². The summed E-state index contributed by atoms with van der Waals surface area (Å²) in [6.45, 7) is 1.18. The first-order valence-electron chi connectivity index (χ1n) is 7.79. The van der Waals surface area contributed by atoms with Gasteiger partial charge in [-0.3, -0.25) is 4.79 Å². The summed E-state index contributed by atoms with van der Waals surface area (Å²) in [6, 6.07) is 12.2. The van der Waals surface area contributed by atoms with Crippen LogP contribution in [0.1, 0.15) is 12.0 Å². The van der Waals surface area contributed by atoms with Crippen LogP contribution >= 0.6 is 11.6 Å². The highest BCUT2D eigenvalue weighted by Crippen LogP contribution is 2.37. The van der Waals surface area contributed by atoms with Crippen LogP contribution in [0.3, 0.4) is 0 Å². The van der Waals surface area contributed by atoms with Gasteiger partial charge in [0, 0.05) is 24.2 Å². The van der Waals surface area contributed by atoms with Crippen LogP contribution in [0.5, 0.6) is 11.5 Å². The normalized spacial score (nSPS) is 12.6. The first-order valence-corrected chi connectivity index (χ1v) is 8.16. The molecule has 2 aromatic carbocycles. The molecule has 7 heteroatoms. The maximum Gasteiger partial charge on any atom is 0.243 e. The summed E-state index contributed by atoms with van der Waals surface area (Å²) in [5.41, 5.74) is 1.64. The second-order valence-corrected chi connectivity index (χ2v) is 5.83. The average Bonchev–Trinajstić information content (AvgIpc) is 2.84. The Morgan fingerprint density at radius 2 is 1.96 bits per heavy atom. The fraction of sp³-hybridized carbons (Fsp3) is 0.222. The third-order valence-electron chi connectivity index (χ3n) is 3.55. The summed E-state index contributed by atoms with van der Waals surface area (Å²) >= 11 is 6.23. The number of hydrogen-bond donors (Lipinski definition) is 2. The maximum absolute atomic E-state index is 12.1. The summed E-state index contributed by atoms with van der Waals surface area (Å²) in [5.74, 6) is 0.954. The van der Waals surface area contributed by atoms with Crippen molar-refractivity contribution >= 4 is 28.9 Å². The molecule has 0 saturated carbocycles. The van der Waals surface area contributed by atoms with Gasteiger partial charge in [-0.15, -0.1) is 0 Å². The van der Waals surface area contributed by atoms with Crippen molar-refractivity contribution in [1.82, 2.24) is 0 Å². The zero-order chi connectivity index (χ0) is 17.6. The number of nitrogens with one attached hydrogen (secondary N) is 2. The summed E-state index contributed by atoms with van der Waals surface area (Å²) < 4.78 is 11.2. The van der Waals surface area contributed by atoms with Gasteiger partial charge in [-0.25, -0.2) is 0 Å². The minimum Gasteiger partial charge on any atom is -0.490 e. The Morgan fingerprint density at radius 3 is 2.72 bits per heavy atom. The van der Waals surface area contributed by atoms with Gasteiger partial charge in [0.25, 0.3) is 0 Å². The molecule has 0 unspecified atom stereocenters. The van der Waals surface area contributed by atoms with Crippen LogP contribution < -0.4 is 20.1 Å². The van der Waals surface area contributed by atoms with Crippen molar-refractivity contribution < 1.29 is 14.3 Å². The van der Waals surface area contributed by atoms with E-state index >= 15 is 0 Å². The largest absolute Gasteiger partial charge is 0.490 e. The summed E-state index contributed by atoms with van der Waals surface area (Å²) in [6.07, 6.45) is 0.805. The minimum atomic E-state index is -0.252. The van der Waals surface area contributed by atoms with Gasteiger partial charge in [0.05, 0.1) is 42.1 Å². The van der Waals surface area contributed by atoms with E-state index in [-0.39, 0.29) is 12.5 Å². The van der Waals surface area contributed by atoms with Crippen LogP contribution in [0.25, 0.3) is 0 Å². The van der Waals surface area contributed by atoms with Gasteiger partial charge in [-0.05, 0) is 18.2 Å². The van der Waals surface area contributed by atoms with E-state index in [1.165, 1.54) is 0 Å². The lowest BCUT2D eigenvalue weighted by molar-refractivity contribution is -0.114. The van der Waals surface area contributed by atoms with Gasteiger partial charge < -0.3 is 20.1 Å². The number of benzene rings is 2. The zero-order valence-corrected chi connectivity index (χ0v) is 14.1. The smallest absolute Gasteiger partial charge is 0.243 e. The lowest BCUT2D eigenvalue weighted by atomic mass is 10.2. The summed E-state index contributed by atoms with van der Waals surface area (Å²) in [7, 11) is 0. The molecule has 0 fully saturated rings. The van der Waals surface area contributed by atoms with Crippen molar-refractivity contribution in [3.63, 3.8) is 0 Å². The van der Waals surface area contributed by atoms with E-state index in [2.05, 4.69) is 10.6 Å². The number of ether oxygens (including phenoxy) is 2. The van der Waals surface area contributed by atoms with E-state index in [1.54, 1.807) is 36.4 Å². The van der Waals surface area contributed by atoms with Crippen molar-refractivity contribution in [1.29, 1.82) is 5.26 Å².